The molecule has 0 saturated carbocycles. The summed E-state index contributed by atoms with van der Waals surface area (Å²) >= 11 is 0. The fourth-order valence-corrected chi connectivity index (χ4v) is 1.70. The standard InChI is InChI=1S/C13H16N2O2.ClH/c1-8(2)6-10(15)12-9(7-14)4-5-11(17-3)13(12)16;/h4-5,10,16H,1,6,15H2,2-3H3;1H/t10-;/m1./s1. The number of hydrogen-bond donors (Lipinski definition) is 2. The summed E-state index contributed by atoms with van der Waals surface area (Å²) in [7, 11) is 1.45. The van der Waals surface area contributed by atoms with Gasteiger partial charge in [0, 0.05) is 11.6 Å². The SMILES string of the molecule is C=C(C)C[C@@H](N)c1c(C#N)ccc(OC)c1O.Cl. The van der Waals surface area contributed by atoms with E-state index in [1.54, 1.807) is 12.1 Å². The van der Waals surface area contributed by atoms with Crippen molar-refractivity contribution >= 4 is 12.4 Å². The van der Waals surface area contributed by atoms with Gasteiger partial charge in [0.15, 0.2) is 11.5 Å². The van der Waals surface area contributed by atoms with Gasteiger partial charge in [0.05, 0.1) is 18.7 Å². The maximum Gasteiger partial charge on any atom is 0.163 e. The summed E-state index contributed by atoms with van der Waals surface area (Å²) in [4.78, 5) is 0. The Balaban J connectivity index is 0.00000289. The summed E-state index contributed by atoms with van der Waals surface area (Å²) in [5.74, 6) is 0.247. The Morgan fingerprint density at radius 1 is 1.61 bits per heavy atom. The second-order valence-electron chi connectivity index (χ2n) is 3.96. The molecule has 5 heteroatoms. The number of phenols is 1. The Hall–Kier alpha value is -1.70. The molecule has 1 aromatic carbocycles. The number of halogens is 1. The van der Waals surface area contributed by atoms with Crippen LogP contribution in [0, 0.1) is 11.3 Å². The van der Waals surface area contributed by atoms with Crippen molar-refractivity contribution in [1.82, 2.24) is 0 Å². The summed E-state index contributed by atoms with van der Waals surface area (Å²) in [5, 5.41) is 19.0. The molecule has 1 aromatic rings. The third-order valence-corrected chi connectivity index (χ3v) is 2.46. The lowest BCUT2D eigenvalue weighted by Gasteiger charge is -2.17. The Morgan fingerprint density at radius 3 is 2.67 bits per heavy atom. The lowest BCUT2D eigenvalue weighted by molar-refractivity contribution is 0.368. The molecule has 1 atom stereocenters. The molecule has 0 amide bonds. The largest absolute Gasteiger partial charge is 0.504 e. The number of nitrogens with two attached hydrogens (primary N) is 1. The molecule has 1 rings (SSSR count). The maximum absolute atomic E-state index is 10.00. The average molecular weight is 269 g/mol. The lowest BCUT2D eigenvalue weighted by Crippen LogP contribution is -2.13. The third kappa shape index (κ3) is 3.39. The molecule has 0 unspecified atom stereocenters. The predicted octanol–water partition coefficient (Wildman–Crippen LogP) is 2.66. The van der Waals surface area contributed by atoms with E-state index in [9.17, 15) is 5.11 Å². The minimum absolute atomic E-state index is 0. The zero-order valence-electron chi connectivity index (χ0n) is 10.4. The van der Waals surface area contributed by atoms with Crippen LogP contribution in [0.3, 0.4) is 0 Å². The summed E-state index contributed by atoms with van der Waals surface area (Å²) in [6, 6.07) is 4.69. The first-order valence-corrected chi connectivity index (χ1v) is 5.21. The number of ether oxygens (including phenoxy) is 1. The fraction of sp³-hybridized carbons (Fsp3) is 0.308. The minimum atomic E-state index is -0.461. The molecule has 0 aromatic heterocycles. The number of phenolic OH excluding ortho intramolecular Hbond substituents is 1. The maximum atomic E-state index is 10.00. The highest BCUT2D eigenvalue weighted by atomic mass is 35.5. The van der Waals surface area contributed by atoms with Gasteiger partial charge in [0.25, 0.3) is 0 Å². The van der Waals surface area contributed by atoms with Gasteiger partial charge in [-0.2, -0.15) is 5.26 Å². The smallest absolute Gasteiger partial charge is 0.163 e. The molecule has 4 nitrogen and oxygen atoms in total. The molecule has 0 heterocycles. The first-order valence-electron chi connectivity index (χ1n) is 5.21. The van der Waals surface area contributed by atoms with Crippen LogP contribution in [0.1, 0.15) is 30.5 Å². The molecule has 0 aliphatic carbocycles. The van der Waals surface area contributed by atoms with Crippen LogP contribution in [0.5, 0.6) is 11.5 Å². The third-order valence-electron chi connectivity index (χ3n) is 2.46. The number of nitrogens with zero attached hydrogens (tertiary/aromatic N) is 1. The monoisotopic (exact) mass is 268 g/mol. The molecule has 3 N–H and O–H groups in total. The van der Waals surface area contributed by atoms with Crippen molar-refractivity contribution in [3.63, 3.8) is 0 Å². The zero-order valence-corrected chi connectivity index (χ0v) is 11.3. The number of methoxy groups -OCH3 is 1. The molecule has 0 radical (unpaired) electrons. The second kappa shape index (κ2) is 6.90. The molecular weight excluding hydrogens is 252 g/mol. The van der Waals surface area contributed by atoms with Crippen molar-refractivity contribution < 1.29 is 9.84 Å². The van der Waals surface area contributed by atoms with Crippen LogP contribution in [0.4, 0.5) is 0 Å². The van der Waals surface area contributed by atoms with E-state index in [1.807, 2.05) is 13.0 Å². The predicted molar refractivity (Wildman–Crippen MR) is 73.0 cm³/mol. The van der Waals surface area contributed by atoms with Gasteiger partial charge in [0.2, 0.25) is 0 Å². The molecule has 18 heavy (non-hydrogen) atoms. The van der Waals surface area contributed by atoms with Crippen LogP contribution in [0.2, 0.25) is 0 Å². The number of rotatable bonds is 4. The van der Waals surface area contributed by atoms with Gasteiger partial charge in [0.1, 0.15) is 0 Å². The van der Waals surface area contributed by atoms with E-state index < -0.39 is 6.04 Å². The van der Waals surface area contributed by atoms with Crippen molar-refractivity contribution in [2.24, 2.45) is 5.73 Å². The lowest BCUT2D eigenvalue weighted by atomic mass is 9.95. The highest BCUT2D eigenvalue weighted by molar-refractivity contribution is 5.85. The quantitative estimate of drug-likeness (QED) is 0.823. The molecular formula is C13H17ClN2O2. The topological polar surface area (TPSA) is 79.3 Å². The average Bonchev–Trinajstić information content (AvgIpc) is 2.27. The van der Waals surface area contributed by atoms with Crippen LogP contribution < -0.4 is 10.5 Å². The van der Waals surface area contributed by atoms with Gasteiger partial charge in [-0.15, -0.1) is 19.0 Å². The van der Waals surface area contributed by atoms with Gasteiger partial charge in [-0.1, -0.05) is 5.57 Å². The van der Waals surface area contributed by atoms with Gasteiger partial charge in [-0.05, 0) is 25.5 Å². The van der Waals surface area contributed by atoms with Crippen molar-refractivity contribution in [3.05, 3.63) is 35.4 Å². The number of aromatic hydroxyl groups is 1. The Kier molecular flexibility index (Phi) is 6.24. The number of nitriles is 1. The number of benzene rings is 1. The molecule has 0 fully saturated rings. The van der Waals surface area contributed by atoms with E-state index in [2.05, 4.69) is 6.58 Å². The highest BCUT2D eigenvalue weighted by Crippen LogP contribution is 2.37. The molecule has 0 spiro atoms. The summed E-state index contributed by atoms with van der Waals surface area (Å²) in [5.41, 5.74) is 7.63. The van der Waals surface area contributed by atoms with Gasteiger partial charge >= 0.3 is 0 Å². The van der Waals surface area contributed by atoms with Crippen LogP contribution in [0.25, 0.3) is 0 Å². The van der Waals surface area contributed by atoms with Crippen molar-refractivity contribution in [2.45, 2.75) is 19.4 Å². The van der Waals surface area contributed by atoms with Gasteiger partial charge < -0.3 is 15.6 Å². The number of hydrogen-bond acceptors (Lipinski definition) is 4. The Bertz CT molecular complexity index is 481. The van der Waals surface area contributed by atoms with Crippen molar-refractivity contribution in [3.8, 4) is 17.6 Å². The summed E-state index contributed by atoms with van der Waals surface area (Å²) in [6.07, 6.45) is 0.509. The van der Waals surface area contributed by atoms with Crippen LogP contribution in [0.15, 0.2) is 24.3 Å². The highest BCUT2D eigenvalue weighted by Gasteiger charge is 2.19. The van der Waals surface area contributed by atoms with E-state index in [0.29, 0.717) is 23.3 Å². The molecule has 0 aliphatic heterocycles. The first kappa shape index (κ1) is 16.3. The van der Waals surface area contributed by atoms with Crippen molar-refractivity contribution in [1.29, 1.82) is 5.26 Å². The summed E-state index contributed by atoms with van der Waals surface area (Å²) in [6.45, 7) is 5.62. The van der Waals surface area contributed by atoms with Crippen LogP contribution in [-0.2, 0) is 0 Å². The van der Waals surface area contributed by atoms with E-state index >= 15 is 0 Å². The molecule has 0 bridgehead atoms. The van der Waals surface area contributed by atoms with Crippen molar-refractivity contribution in [2.75, 3.05) is 7.11 Å². The van der Waals surface area contributed by atoms with E-state index in [4.69, 9.17) is 15.7 Å². The first-order chi connectivity index (χ1) is 8.01. The van der Waals surface area contributed by atoms with Crippen LogP contribution >= 0.6 is 12.4 Å². The summed E-state index contributed by atoms with van der Waals surface area (Å²) < 4.78 is 5.00. The second-order valence-corrected chi connectivity index (χ2v) is 3.96. The van der Waals surface area contributed by atoms with E-state index in [-0.39, 0.29) is 18.2 Å². The van der Waals surface area contributed by atoms with Crippen LogP contribution in [-0.4, -0.2) is 12.2 Å². The normalized spacial score (nSPS) is 11.0. The fourth-order valence-electron chi connectivity index (χ4n) is 1.70. The van der Waals surface area contributed by atoms with E-state index in [1.165, 1.54) is 7.11 Å². The minimum Gasteiger partial charge on any atom is -0.504 e. The Morgan fingerprint density at radius 2 is 2.22 bits per heavy atom. The Labute approximate surface area is 113 Å². The van der Waals surface area contributed by atoms with Gasteiger partial charge in [-0.3, -0.25) is 0 Å². The van der Waals surface area contributed by atoms with Gasteiger partial charge in [-0.25, -0.2) is 0 Å². The molecule has 98 valence electrons. The molecule has 0 aliphatic rings. The molecule has 0 saturated heterocycles. The van der Waals surface area contributed by atoms with E-state index in [0.717, 1.165) is 5.57 Å². The zero-order chi connectivity index (χ0) is 13.0.